The molecule has 0 heterocycles. The minimum Gasteiger partial charge on any atom is -0.355 e. The highest BCUT2D eigenvalue weighted by Crippen LogP contribution is 2.24. The first-order chi connectivity index (χ1) is 8.27. The largest absolute Gasteiger partial charge is 0.355 e. The van der Waals surface area contributed by atoms with Crippen LogP contribution in [0.5, 0.6) is 0 Å². The number of carbonyl (C=O) groups excluding carboxylic acids is 1. The van der Waals surface area contributed by atoms with Crippen LogP contribution in [0.25, 0.3) is 0 Å². The number of hydrogen-bond donors (Lipinski definition) is 1. The molecule has 0 saturated heterocycles. The average molecular weight is 231 g/mol. The van der Waals surface area contributed by atoms with Gasteiger partial charge in [0.2, 0.25) is 5.91 Å². The first kappa shape index (κ1) is 12.2. The summed E-state index contributed by atoms with van der Waals surface area (Å²) < 4.78 is 0. The van der Waals surface area contributed by atoms with E-state index < -0.39 is 0 Å². The van der Waals surface area contributed by atoms with Crippen LogP contribution in [0, 0.1) is 5.92 Å². The molecule has 0 spiro atoms. The Morgan fingerprint density at radius 1 is 1.29 bits per heavy atom. The molecule has 2 nitrogen and oxygen atoms in total. The van der Waals surface area contributed by atoms with Crippen LogP contribution in [-0.2, 0) is 4.79 Å². The molecule has 1 saturated carbocycles. The molecule has 92 valence electrons. The lowest BCUT2D eigenvalue weighted by Gasteiger charge is -2.15. The van der Waals surface area contributed by atoms with Gasteiger partial charge in [0.1, 0.15) is 0 Å². The Balaban J connectivity index is 1.80. The first-order valence-electron chi connectivity index (χ1n) is 6.60. The molecule has 1 aliphatic carbocycles. The molecule has 1 N–H and O–H groups in total. The zero-order chi connectivity index (χ0) is 12.1. The molecule has 17 heavy (non-hydrogen) atoms. The van der Waals surface area contributed by atoms with Crippen molar-refractivity contribution in [2.45, 2.75) is 38.5 Å². The minimum absolute atomic E-state index is 0.255. The van der Waals surface area contributed by atoms with Crippen molar-refractivity contribution in [2.24, 2.45) is 5.92 Å². The van der Waals surface area contributed by atoms with Crippen molar-refractivity contribution < 1.29 is 4.79 Å². The third-order valence-corrected chi connectivity index (χ3v) is 3.68. The van der Waals surface area contributed by atoms with E-state index in [1.807, 2.05) is 18.2 Å². The maximum Gasteiger partial charge on any atom is 0.223 e. The SMILES string of the molecule is C[C@@H](CNC(=O)C1CCCC1)c1ccccc1. The van der Waals surface area contributed by atoms with Gasteiger partial charge in [0.25, 0.3) is 0 Å². The fraction of sp³-hybridized carbons (Fsp3) is 0.533. The number of amides is 1. The van der Waals surface area contributed by atoms with Crippen molar-refractivity contribution in [3.8, 4) is 0 Å². The molecule has 0 radical (unpaired) electrons. The molecule has 0 aromatic heterocycles. The van der Waals surface area contributed by atoms with E-state index >= 15 is 0 Å². The Kier molecular flexibility index (Phi) is 4.18. The molecular formula is C15H21NO. The van der Waals surface area contributed by atoms with Crippen LogP contribution in [-0.4, -0.2) is 12.5 Å². The highest BCUT2D eigenvalue weighted by atomic mass is 16.1. The average Bonchev–Trinajstić information content (AvgIpc) is 2.90. The third-order valence-electron chi connectivity index (χ3n) is 3.68. The van der Waals surface area contributed by atoms with E-state index in [9.17, 15) is 4.79 Å². The van der Waals surface area contributed by atoms with E-state index in [2.05, 4.69) is 24.4 Å². The molecule has 2 heteroatoms. The van der Waals surface area contributed by atoms with Gasteiger partial charge in [-0.15, -0.1) is 0 Å². The van der Waals surface area contributed by atoms with Gasteiger partial charge in [-0.1, -0.05) is 50.1 Å². The molecule has 0 aliphatic heterocycles. The van der Waals surface area contributed by atoms with E-state index in [0.29, 0.717) is 5.92 Å². The molecule has 0 bridgehead atoms. The summed E-state index contributed by atoms with van der Waals surface area (Å²) in [7, 11) is 0. The van der Waals surface area contributed by atoms with Crippen LogP contribution in [0.1, 0.15) is 44.1 Å². The monoisotopic (exact) mass is 231 g/mol. The predicted molar refractivity (Wildman–Crippen MR) is 69.8 cm³/mol. The smallest absolute Gasteiger partial charge is 0.223 e. The fourth-order valence-electron chi connectivity index (χ4n) is 2.49. The summed E-state index contributed by atoms with van der Waals surface area (Å²) in [6, 6.07) is 10.3. The van der Waals surface area contributed by atoms with Gasteiger partial charge in [0.15, 0.2) is 0 Å². The Bertz CT molecular complexity index is 354. The second-order valence-corrected chi connectivity index (χ2v) is 5.04. The Morgan fingerprint density at radius 2 is 1.94 bits per heavy atom. The lowest BCUT2D eigenvalue weighted by Crippen LogP contribution is -2.32. The summed E-state index contributed by atoms with van der Waals surface area (Å²) in [5.41, 5.74) is 1.29. The van der Waals surface area contributed by atoms with E-state index in [-0.39, 0.29) is 11.8 Å². The maximum atomic E-state index is 11.9. The van der Waals surface area contributed by atoms with Gasteiger partial charge >= 0.3 is 0 Å². The fourth-order valence-corrected chi connectivity index (χ4v) is 2.49. The van der Waals surface area contributed by atoms with E-state index in [1.54, 1.807) is 0 Å². The van der Waals surface area contributed by atoms with Crippen molar-refractivity contribution in [3.63, 3.8) is 0 Å². The summed E-state index contributed by atoms with van der Waals surface area (Å²) >= 11 is 0. The topological polar surface area (TPSA) is 29.1 Å². The Labute approximate surface area is 103 Å². The number of benzene rings is 1. The molecule has 2 rings (SSSR count). The van der Waals surface area contributed by atoms with Crippen molar-refractivity contribution in [2.75, 3.05) is 6.54 Å². The summed E-state index contributed by atoms with van der Waals surface area (Å²) in [5, 5.41) is 3.08. The molecule has 1 fully saturated rings. The van der Waals surface area contributed by atoms with E-state index in [1.165, 1.54) is 18.4 Å². The van der Waals surface area contributed by atoms with Crippen LogP contribution >= 0.6 is 0 Å². The normalized spacial score (nSPS) is 17.9. The summed E-state index contributed by atoms with van der Waals surface area (Å²) in [5.74, 6) is 0.921. The molecule has 1 amide bonds. The van der Waals surface area contributed by atoms with E-state index in [4.69, 9.17) is 0 Å². The van der Waals surface area contributed by atoms with Gasteiger partial charge in [-0.3, -0.25) is 4.79 Å². The van der Waals surface area contributed by atoms with Crippen LogP contribution in [0.15, 0.2) is 30.3 Å². The number of carbonyl (C=O) groups is 1. The molecule has 1 aromatic carbocycles. The summed E-state index contributed by atoms with van der Waals surface area (Å²) in [4.78, 5) is 11.9. The zero-order valence-electron chi connectivity index (χ0n) is 10.5. The third kappa shape index (κ3) is 3.32. The van der Waals surface area contributed by atoms with Crippen LogP contribution in [0.3, 0.4) is 0 Å². The Hall–Kier alpha value is -1.31. The highest BCUT2D eigenvalue weighted by molar-refractivity contribution is 5.78. The Morgan fingerprint density at radius 3 is 2.59 bits per heavy atom. The molecule has 1 aliphatic rings. The van der Waals surface area contributed by atoms with E-state index in [0.717, 1.165) is 19.4 Å². The van der Waals surface area contributed by atoms with Crippen LogP contribution in [0.4, 0.5) is 0 Å². The lowest BCUT2D eigenvalue weighted by molar-refractivity contribution is -0.124. The number of nitrogens with one attached hydrogen (secondary N) is 1. The van der Waals surface area contributed by atoms with Gasteiger partial charge in [-0.25, -0.2) is 0 Å². The molecular weight excluding hydrogens is 210 g/mol. The number of rotatable bonds is 4. The summed E-state index contributed by atoms with van der Waals surface area (Å²) in [6.45, 7) is 2.91. The second-order valence-electron chi connectivity index (χ2n) is 5.04. The van der Waals surface area contributed by atoms with Crippen molar-refractivity contribution in [1.29, 1.82) is 0 Å². The minimum atomic E-state index is 0.255. The first-order valence-corrected chi connectivity index (χ1v) is 6.60. The van der Waals surface area contributed by atoms with Crippen LogP contribution in [0.2, 0.25) is 0 Å². The molecule has 0 unspecified atom stereocenters. The predicted octanol–water partition coefficient (Wildman–Crippen LogP) is 3.10. The summed E-state index contributed by atoms with van der Waals surface area (Å²) in [6.07, 6.45) is 4.58. The highest BCUT2D eigenvalue weighted by Gasteiger charge is 2.22. The zero-order valence-corrected chi connectivity index (χ0v) is 10.5. The molecule has 1 atom stereocenters. The van der Waals surface area contributed by atoms with Crippen molar-refractivity contribution >= 4 is 5.91 Å². The van der Waals surface area contributed by atoms with Gasteiger partial charge in [0.05, 0.1) is 0 Å². The molecule has 1 aromatic rings. The quantitative estimate of drug-likeness (QED) is 0.847. The number of hydrogen-bond acceptors (Lipinski definition) is 1. The van der Waals surface area contributed by atoms with Crippen molar-refractivity contribution in [1.82, 2.24) is 5.32 Å². The second kappa shape index (κ2) is 5.85. The maximum absolute atomic E-state index is 11.9. The van der Waals surface area contributed by atoms with Gasteiger partial charge < -0.3 is 5.32 Å². The standard InChI is InChI=1S/C15H21NO/c1-12(13-7-3-2-4-8-13)11-16-15(17)14-9-5-6-10-14/h2-4,7-8,12,14H,5-6,9-11H2,1H3,(H,16,17)/t12-/m0/s1. The lowest BCUT2D eigenvalue weighted by atomic mass is 10.0. The van der Waals surface area contributed by atoms with Crippen molar-refractivity contribution in [3.05, 3.63) is 35.9 Å². The van der Waals surface area contributed by atoms with Gasteiger partial charge in [-0.05, 0) is 24.3 Å². The van der Waals surface area contributed by atoms with Crippen LogP contribution < -0.4 is 5.32 Å². The van der Waals surface area contributed by atoms with Gasteiger partial charge in [-0.2, -0.15) is 0 Å². The van der Waals surface area contributed by atoms with Gasteiger partial charge in [0, 0.05) is 12.5 Å².